The molecule has 0 spiro atoms. The van der Waals surface area contributed by atoms with Crippen LogP contribution in [0.1, 0.15) is 12.8 Å². The quantitative estimate of drug-likeness (QED) is 0.857. The van der Waals surface area contributed by atoms with E-state index < -0.39 is 0 Å². The maximum absolute atomic E-state index is 9.38. The number of benzene rings is 1. The molecule has 2 heterocycles. The molecule has 0 amide bonds. The maximum atomic E-state index is 9.38. The van der Waals surface area contributed by atoms with Crippen molar-refractivity contribution in [2.24, 2.45) is 5.92 Å². The van der Waals surface area contributed by atoms with Crippen LogP contribution in [0.3, 0.4) is 0 Å². The Labute approximate surface area is 145 Å². The van der Waals surface area contributed by atoms with E-state index in [9.17, 15) is 5.11 Å². The Bertz CT molecular complexity index is 700. The molecule has 8 heteroatoms. The first-order valence-corrected chi connectivity index (χ1v) is 8.24. The van der Waals surface area contributed by atoms with Gasteiger partial charge < -0.3 is 20.1 Å². The summed E-state index contributed by atoms with van der Waals surface area (Å²) in [7, 11) is 1.62. The zero-order valence-electron chi connectivity index (χ0n) is 13.4. The van der Waals surface area contributed by atoms with Gasteiger partial charge in [0.2, 0.25) is 17.2 Å². The van der Waals surface area contributed by atoms with Crippen LogP contribution in [-0.2, 0) is 0 Å². The van der Waals surface area contributed by atoms with E-state index in [0.29, 0.717) is 11.9 Å². The number of aliphatic hydroxyl groups is 1. The summed E-state index contributed by atoms with van der Waals surface area (Å²) in [4.78, 5) is 14.9. The molecule has 1 aromatic carbocycles. The summed E-state index contributed by atoms with van der Waals surface area (Å²) in [6.45, 7) is 1.73. The smallest absolute Gasteiger partial charge is 0.233 e. The van der Waals surface area contributed by atoms with Crippen LogP contribution in [0.25, 0.3) is 0 Å². The van der Waals surface area contributed by atoms with Crippen LogP contribution < -0.4 is 15.0 Å². The number of aromatic nitrogens is 3. The van der Waals surface area contributed by atoms with Gasteiger partial charge in [-0.05, 0) is 42.5 Å². The monoisotopic (exact) mass is 349 g/mol. The van der Waals surface area contributed by atoms with Crippen LogP contribution in [0, 0.1) is 5.92 Å². The van der Waals surface area contributed by atoms with Gasteiger partial charge in [-0.15, -0.1) is 0 Å². The Hall–Kier alpha value is -2.12. The topological polar surface area (TPSA) is 83.4 Å². The SMILES string of the molecule is COc1cccc(Nc2nc(Cl)nc(N3CCCC(CO)C3)n2)c1. The number of halogens is 1. The van der Waals surface area contributed by atoms with Crippen molar-refractivity contribution in [3.05, 3.63) is 29.5 Å². The molecular formula is C16H20ClN5O2. The van der Waals surface area contributed by atoms with Crippen molar-refractivity contribution >= 4 is 29.2 Å². The minimum absolute atomic E-state index is 0.136. The fraction of sp³-hybridized carbons (Fsp3) is 0.438. The molecule has 2 N–H and O–H groups in total. The lowest BCUT2D eigenvalue weighted by Gasteiger charge is -2.31. The molecule has 1 unspecified atom stereocenters. The number of piperidine rings is 1. The normalized spacial score (nSPS) is 17.6. The molecule has 1 atom stereocenters. The number of hydrogen-bond donors (Lipinski definition) is 2. The maximum Gasteiger partial charge on any atom is 0.233 e. The van der Waals surface area contributed by atoms with Gasteiger partial charge in [-0.3, -0.25) is 0 Å². The molecule has 1 fully saturated rings. The van der Waals surface area contributed by atoms with Gasteiger partial charge >= 0.3 is 0 Å². The van der Waals surface area contributed by atoms with Crippen molar-refractivity contribution in [1.29, 1.82) is 0 Å². The zero-order chi connectivity index (χ0) is 16.9. The highest BCUT2D eigenvalue weighted by Crippen LogP contribution is 2.24. The number of methoxy groups -OCH3 is 1. The Morgan fingerprint density at radius 1 is 1.38 bits per heavy atom. The molecule has 1 saturated heterocycles. The van der Waals surface area contributed by atoms with Gasteiger partial charge in [-0.2, -0.15) is 15.0 Å². The van der Waals surface area contributed by atoms with Crippen LogP contribution in [0.2, 0.25) is 5.28 Å². The van der Waals surface area contributed by atoms with Crippen LogP contribution in [0.15, 0.2) is 24.3 Å². The number of hydrogen-bond acceptors (Lipinski definition) is 7. The van der Waals surface area contributed by atoms with Gasteiger partial charge in [0.05, 0.1) is 7.11 Å². The fourth-order valence-corrected chi connectivity index (χ4v) is 2.92. The van der Waals surface area contributed by atoms with Crippen LogP contribution in [0.5, 0.6) is 5.75 Å². The Kier molecular flexibility index (Phi) is 5.32. The highest BCUT2D eigenvalue weighted by atomic mass is 35.5. The van der Waals surface area contributed by atoms with E-state index in [1.807, 2.05) is 29.2 Å². The van der Waals surface area contributed by atoms with E-state index in [-0.39, 0.29) is 17.8 Å². The predicted molar refractivity (Wildman–Crippen MR) is 93.1 cm³/mol. The van der Waals surface area contributed by atoms with Crippen LogP contribution in [0.4, 0.5) is 17.6 Å². The first kappa shape index (κ1) is 16.7. The summed E-state index contributed by atoms with van der Waals surface area (Å²) < 4.78 is 5.21. The van der Waals surface area contributed by atoms with E-state index in [1.165, 1.54) is 0 Å². The molecule has 0 saturated carbocycles. The Balaban J connectivity index is 1.80. The number of rotatable bonds is 5. The largest absolute Gasteiger partial charge is 0.497 e. The molecule has 24 heavy (non-hydrogen) atoms. The second-order valence-corrected chi connectivity index (χ2v) is 6.06. The summed E-state index contributed by atoms with van der Waals surface area (Å²) in [5.41, 5.74) is 0.800. The number of anilines is 3. The molecule has 0 aliphatic carbocycles. The summed E-state index contributed by atoms with van der Waals surface area (Å²) in [5.74, 6) is 1.88. The van der Waals surface area contributed by atoms with E-state index in [0.717, 1.165) is 37.4 Å². The first-order valence-electron chi connectivity index (χ1n) is 7.86. The number of nitrogens with zero attached hydrogens (tertiary/aromatic N) is 4. The summed E-state index contributed by atoms with van der Waals surface area (Å²) in [6, 6.07) is 7.48. The van der Waals surface area contributed by atoms with E-state index in [1.54, 1.807) is 7.11 Å². The van der Waals surface area contributed by atoms with Crippen LogP contribution >= 0.6 is 11.6 Å². The van der Waals surface area contributed by atoms with E-state index >= 15 is 0 Å². The van der Waals surface area contributed by atoms with Crippen molar-refractivity contribution < 1.29 is 9.84 Å². The summed E-state index contributed by atoms with van der Waals surface area (Å²) in [5, 5.41) is 12.6. The first-order chi connectivity index (χ1) is 11.7. The molecule has 1 aromatic heterocycles. The lowest BCUT2D eigenvalue weighted by Crippen LogP contribution is -2.38. The Morgan fingerprint density at radius 2 is 2.25 bits per heavy atom. The molecule has 3 rings (SSSR count). The molecule has 2 aromatic rings. The molecule has 7 nitrogen and oxygen atoms in total. The molecule has 1 aliphatic rings. The van der Waals surface area contributed by atoms with Crippen molar-refractivity contribution in [2.45, 2.75) is 12.8 Å². The van der Waals surface area contributed by atoms with Crippen LogP contribution in [-0.4, -0.2) is 46.9 Å². The van der Waals surface area contributed by atoms with Crippen molar-refractivity contribution in [2.75, 3.05) is 37.0 Å². The molecule has 0 radical (unpaired) electrons. The highest BCUT2D eigenvalue weighted by Gasteiger charge is 2.22. The van der Waals surface area contributed by atoms with Gasteiger partial charge in [-0.25, -0.2) is 0 Å². The van der Waals surface area contributed by atoms with Gasteiger partial charge in [0.1, 0.15) is 5.75 Å². The highest BCUT2D eigenvalue weighted by molar-refractivity contribution is 6.28. The standard InChI is InChI=1S/C16H20ClN5O2/c1-24-13-6-2-5-12(8-13)18-15-19-14(17)20-16(21-15)22-7-3-4-11(9-22)10-23/h2,5-6,8,11,23H,3-4,7,9-10H2,1H3,(H,18,19,20,21). The molecule has 1 aliphatic heterocycles. The van der Waals surface area contributed by atoms with E-state index in [2.05, 4.69) is 20.3 Å². The fourth-order valence-electron chi connectivity index (χ4n) is 2.76. The molecule has 0 bridgehead atoms. The second kappa shape index (κ2) is 7.63. The minimum atomic E-state index is 0.136. The van der Waals surface area contributed by atoms with Gasteiger partial charge in [0.15, 0.2) is 0 Å². The van der Waals surface area contributed by atoms with Gasteiger partial charge in [0.25, 0.3) is 0 Å². The lowest BCUT2D eigenvalue weighted by molar-refractivity contribution is 0.208. The number of nitrogens with one attached hydrogen (secondary N) is 1. The lowest BCUT2D eigenvalue weighted by atomic mass is 9.99. The summed E-state index contributed by atoms with van der Waals surface area (Å²) in [6.07, 6.45) is 2.01. The third kappa shape index (κ3) is 4.04. The zero-order valence-corrected chi connectivity index (χ0v) is 14.2. The van der Waals surface area contributed by atoms with Crippen molar-refractivity contribution in [3.8, 4) is 5.75 Å². The summed E-state index contributed by atoms with van der Waals surface area (Å²) >= 11 is 6.06. The predicted octanol–water partition coefficient (Wildman–Crippen LogP) is 2.49. The average Bonchev–Trinajstić information content (AvgIpc) is 2.61. The molecule has 128 valence electrons. The van der Waals surface area contributed by atoms with Gasteiger partial charge in [-0.1, -0.05) is 6.07 Å². The average molecular weight is 350 g/mol. The van der Waals surface area contributed by atoms with Crippen molar-refractivity contribution in [3.63, 3.8) is 0 Å². The van der Waals surface area contributed by atoms with Gasteiger partial charge in [0, 0.05) is 31.5 Å². The molecular weight excluding hydrogens is 330 g/mol. The second-order valence-electron chi connectivity index (χ2n) is 5.72. The minimum Gasteiger partial charge on any atom is -0.497 e. The third-order valence-electron chi connectivity index (χ3n) is 3.98. The number of aliphatic hydroxyl groups excluding tert-OH is 1. The number of ether oxygens (including phenoxy) is 1. The van der Waals surface area contributed by atoms with E-state index in [4.69, 9.17) is 16.3 Å². The Morgan fingerprint density at radius 3 is 3.04 bits per heavy atom. The third-order valence-corrected chi connectivity index (χ3v) is 4.15. The van der Waals surface area contributed by atoms with Crippen molar-refractivity contribution in [1.82, 2.24) is 15.0 Å².